The fourth-order valence-electron chi connectivity index (χ4n) is 1.39. The van der Waals surface area contributed by atoms with Gasteiger partial charge in [-0.1, -0.05) is 23.2 Å². The SMILES string of the molecule is O=C(O)c1ccc(N=Nc2ccc(Cl)c(Cl)c2O)cc1. The van der Waals surface area contributed by atoms with Gasteiger partial charge in [0.1, 0.15) is 10.7 Å². The molecule has 7 heteroatoms. The minimum atomic E-state index is -1.02. The van der Waals surface area contributed by atoms with Crippen LogP contribution >= 0.6 is 23.2 Å². The number of phenolic OH excluding ortho intramolecular Hbond substituents is 1. The predicted molar refractivity (Wildman–Crippen MR) is 75.7 cm³/mol. The molecule has 2 aromatic carbocycles. The summed E-state index contributed by atoms with van der Waals surface area (Å²) in [6, 6.07) is 8.78. The van der Waals surface area contributed by atoms with Gasteiger partial charge in [-0.05, 0) is 36.4 Å². The molecule has 20 heavy (non-hydrogen) atoms. The number of azo groups is 1. The number of hydrogen-bond donors (Lipinski definition) is 2. The Morgan fingerprint density at radius 3 is 2.25 bits per heavy atom. The normalized spacial score (nSPS) is 10.9. The molecular weight excluding hydrogens is 303 g/mol. The molecule has 2 rings (SSSR count). The summed E-state index contributed by atoms with van der Waals surface area (Å²) >= 11 is 11.5. The highest BCUT2D eigenvalue weighted by Crippen LogP contribution is 2.39. The van der Waals surface area contributed by atoms with E-state index >= 15 is 0 Å². The van der Waals surface area contributed by atoms with Gasteiger partial charge in [0.15, 0.2) is 5.75 Å². The lowest BCUT2D eigenvalue weighted by atomic mass is 10.2. The zero-order valence-electron chi connectivity index (χ0n) is 9.92. The predicted octanol–water partition coefficient (Wildman–Crippen LogP) is 4.81. The number of carbonyl (C=O) groups is 1. The zero-order valence-corrected chi connectivity index (χ0v) is 11.4. The van der Waals surface area contributed by atoms with E-state index in [4.69, 9.17) is 28.3 Å². The quantitative estimate of drug-likeness (QED) is 0.798. The van der Waals surface area contributed by atoms with Crippen LogP contribution in [0.4, 0.5) is 11.4 Å². The Morgan fingerprint density at radius 2 is 1.65 bits per heavy atom. The van der Waals surface area contributed by atoms with Crippen LogP contribution in [0, 0.1) is 0 Å². The first-order chi connectivity index (χ1) is 9.49. The van der Waals surface area contributed by atoms with Crippen molar-refractivity contribution in [2.75, 3.05) is 0 Å². The van der Waals surface area contributed by atoms with Crippen molar-refractivity contribution in [2.24, 2.45) is 10.2 Å². The lowest BCUT2D eigenvalue weighted by molar-refractivity contribution is 0.0697. The van der Waals surface area contributed by atoms with Gasteiger partial charge in [0.2, 0.25) is 0 Å². The molecule has 0 unspecified atom stereocenters. The van der Waals surface area contributed by atoms with E-state index in [9.17, 15) is 9.90 Å². The number of hydrogen-bond acceptors (Lipinski definition) is 4. The maximum Gasteiger partial charge on any atom is 0.335 e. The first-order valence-electron chi connectivity index (χ1n) is 5.41. The number of halogens is 2. The van der Waals surface area contributed by atoms with Crippen LogP contribution in [0.5, 0.6) is 5.75 Å². The number of aromatic hydroxyl groups is 1. The molecule has 0 saturated heterocycles. The highest BCUT2D eigenvalue weighted by atomic mass is 35.5. The molecule has 5 nitrogen and oxygen atoms in total. The van der Waals surface area contributed by atoms with Gasteiger partial charge < -0.3 is 10.2 Å². The van der Waals surface area contributed by atoms with E-state index < -0.39 is 5.97 Å². The summed E-state index contributed by atoms with van der Waals surface area (Å²) in [7, 11) is 0. The van der Waals surface area contributed by atoms with Gasteiger partial charge in [-0.2, -0.15) is 5.11 Å². The monoisotopic (exact) mass is 310 g/mol. The maximum atomic E-state index is 10.7. The maximum absolute atomic E-state index is 10.7. The Bertz CT molecular complexity index is 685. The summed E-state index contributed by atoms with van der Waals surface area (Å²) < 4.78 is 0. The molecule has 0 radical (unpaired) electrons. The molecule has 0 heterocycles. The van der Waals surface area contributed by atoms with Gasteiger partial charge in [0.25, 0.3) is 0 Å². The molecule has 0 aliphatic heterocycles. The van der Waals surface area contributed by atoms with Crippen molar-refractivity contribution in [1.82, 2.24) is 0 Å². The Balaban J connectivity index is 2.25. The van der Waals surface area contributed by atoms with Crippen molar-refractivity contribution in [3.05, 3.63) is 52.0 Å². The number of carboxylic acid groups (broad SMARTS) is 1. The first-order valence-corrected chi connectivity index (χ1v) is 6.16. The third-order valence-electron chi connectivity index (χ3n) is 2.44. The van der Waals surface area contributed by atoms with Gasteiger partial charge in [-0.3, -0.25) is 0 Å². The van der Waals surface area contributed by atoms with E-state index in [1.807, 2.05) is 0 Å². The number of rotatable bonds is 3. The molecular formula is C13H8Cl2N2O3. The molecule has 0 aliphatic rings. The first kappa shape index (κ1) is 14.3. The molecule has 0 spiro atoms. The minimum Gasteiger partial charge on any atom is -0.504 e. The Labute approximate surface area is 124 Å². The molecule has 0 saturated carbocycles. The molecule has 0 fully saturated rings. The number of benzene rings is 2. The van der Waals surface area contributed by atoms with Crippen LogP contribution in [-0.2, 0) is 0 Å². The average molecular weight is 311 g/mol. The number of carboxylic acids is 1. The molecule has 2 N–H and O–H groups in total. The van der Waals surface area contributed by atoms with Gasteiger partial charge in [0.05, 0.1) is 16.3 Å². The molecule has 0 amide bonds. The third-order valence-corrected chi connectivity index (χ3v) is 3.23. The van der Waals surface area contributed by atoms with Crippen molar-refractivity contribution >= 4 is 40.5 Å². The fraction of sp³-hybridized carbons (Fsp3) is 0. The number of aromatic carboxylic acids is 1. The van der Waals surface area contributed by atoms with Crippen LogP contribution in [0.25, 0.3) is 0 Å². The van der Waals surface area contributed by atoms with Crippen LogP contribution in [0.15, 0.2) is 46.6 Å². The molecule has 102 valence electrons. The summed E-state index contributed by atoms with van der Waals surface area (Å²) in [4.78, 5) is 10.7. The zero-order chi connectivity index (χ0) is 14.7. The van der Waals surface area contributed by atoms with Gasteiger partial charge in [0, 0.05) is 0 Å². The Hall–Kier alpha value is -2.11. The molecule has 2 aromatic rings. The van der Waals surface area contributed by atoms with Crippen LogP contribution in [0.3, 0.4) is 0 Å². The second-order valence-corrected chi connectivity index (χ2v) is 4.57. The Kier molecular flexibility index (Phi) is 4.22. The van der Waals surface area contributed by atoms with E-state index in [0.717, 1.165) is 0 Å². The minimum absolute atomic E-state index is 0.00402. The van der Waals surface area contributed by atoms with Crippen molar-refractivity contribution in [3.8, 4) is 5.75 Å². The van der Waals surface area contributed by atoms with Crippen molar-refractivity contribution in [1.29, 1.82) is 0 Å². The largest absolute Gasteiger partial charge is 0.504 e. The second kappa shape index (κ2) is 5.90. The highest BCUT2D eigenvalue weighted by molar-refractivity contribution is 6.43. The van der Waals surface area contributed by atoms with E-state index in [-0.39, 0.29) is 27.0 Å². The number of phenols is 1. The van der Waals surface area contributed by atoms with Crippen molar-refractivity contribution in [3.63, 3.8) is 0 Å². The van der Waals surface area contributed by atoms with E-state index in [0.29, 0.717) is 5.69 Å². The van der Waals surface area contributed by atoms with E-state index in [1.54, 1.807) is 0 Å². The topological polar surface area (TPSA) is 82.2 Å². The lowest BCUT2D eigenvalue weighted by Gasteiger charge is -2.01. The number of nitrogens with zero attached hydrogens (tertiary/aromatic N) is 2. The fourth-order valence-corrected chi connectivity index (χ4v) is 1.71. The standard InChI is InChI=1S/C13H8Cl2N2O3/c14-9-5-6-10(12(18)11(9)15)17-16-8-3-1-7(2-4-8)13(19)20/h1-6,18H,(H,19,20). The lowest BCUT2D eigenvalue weighted by Crippen LogP contribution is -1.93. The molecule has 0 aliphatic carbocycles. The van der Waals surface area contributed by atoms with E-state index in [2.05, 4.69) is 10.2 Å². The molecule has 0 bridgehead atoms. The molecule has 0 aromatic heterocycles. The van der Waals surface area contributed by atoms with Crippen LogP contribution < -0.4 is 0 Å². The Morgan fingerprint density at radius 1 is 1.00 bits per heavy atom. The summed E-state index contributed by atoms with van der Waals surface area (Å²) in [6.07, 6.45) is 0. The smallest absolute Gasteiger partial charge is 0.335 e. The summed E-state index contributed by atoms with van der Waals surface area (Å²) in [5.41, 5.74) is 0.767. The van der Waals surface area contributed by atoms with Crippen molar-refractivity contribution < 1.29 is 15.0 Å². The van der Waals surface area contributed by atoms with Gasteiger partial charge in [-0.15, -0.1) is 5.11 Å². The van der Waals surface area contributed by atoms with Crippen LogP contribution in [-0.4, -0.2) is 16.2 Å². The summed E-state index contributed by atoms with van der Waals surface area (Å²) in [5, 5.41) is 26.4. The average Bonchev–Trinajstić information content (AvgIpc) is 2.44. The third kappa shape index (κ3) is 3.07. The van der Waals surface area contributed by atoms with Crippen LogP contribution in [0.1, 0.15) is 10.4 Å². The van der Waals surface area contributed by atoms with Gasteiger partial charge in [-0.25, -0.2) is 4.79 Å². The summed E-state index contributed by atoms with van der Waals surface area (Å²) in [6.45, 7) is 0. The van der Waals surface area contributed by atoms with Crippen molar-refractivity contribution in [2.45, 2.75) is 0 Å². The van der Waals surface area contributed by atoms with Gasteiger partial charge >= 0.3 is 5.97 Å². The molecule has 0 atom stereocenters. The van der Waals surface area contributed by atoms with E-state index in [1.165, 1.54) is 36.4 Å². The van der Waals surface area contributed by atoms with Crippen LogP contribution in [0.2, 0.25) is 10.0 Å². The highest BCUT2D eigenvalue weighted by Gasteiger charge is 2.09. The second-order valence-electron chi connectivity index (χ2n) is 3.78. The summed E-state index contributed by atoms with van der Waals surface area (Å²) in [5.74, 6) is -1.28.